The predicted octanol–water partition coefficient (Wildman–Crippen LogP) is 5.01. The molecule has 1 aliphatic heterocycles. The van der Waals surface area contributed by atoms with E-state index in [1.807, 2.05) is 18.3 Å². The van der Waals surface area contributed by atoms with Crippen LogP contribution in [0.1, 0.15) is 38.3 Å². The van der Waals surface area contributed by atoms with E-state index in [9.17, 15) is 26.4 Å². The topological polar surface area (TPSA) is 117 Å². The number of hydrogen-bond acceptors (Lipinski definition) is 7. The standard InChI is InChI=1S/C34H32F4N8O3S/c1-22-15-30(35)28(16-23(22)7-9-27-19-39-32-31(5-4-10-46(27)32)41-26-18-40-43(2)21-26)33(47)42-25-8-6-24(29(17-25)34(36,37)38)20-44-11-13-45(14-12-44)50(3,48)49/h4-6,8,10,15-19,21,41H,11-14,20H2,1-3H3,(H,42,47). The fourth-order valence-electron chi connectivity index (χ4n) is 5.67. The lowest BCUT2D eigenvalue weighted by Gasteiger charge is -2.33. The van der Waals surface area contributed by atoms with Gasteiger partial charge in [-0.1, -0.05) is 12.0 Å². The molecule has 0 unspecified atom stereocenters. The molecule has 2 N–H and O–H groups in total. The Balaban J connectivity index is 1.20. The number of sulfonamides is 1. The maximum absolute atomic E-state index is 15.1. The molecule has 3 aromatic heterocycles. The van der Waals surface area contributed by atoms with Gasteiger partial charge in [-0.25, -0.2) is 17.8 Å². The van der Waals surface area contributed by atoms with E-state index in [4.69, 9.17) is 0 Å². The van der Waals surface area contributed by atoms with E-state index in [1.54, 1.807) is 46.5 Å². The van der Waals surface area contributed by atoms with Gasteiger partial charge in [0.2, 0.25) is 10.0 Å². The molecule has 1 amide bonds. The summed E-state index contributed by atoms with van der Waals surface area (Å²) in [5.74, 6) is 4.20. The molecule has 0 radical (unpaired) electrons. The van der Waals surface area contributed by atoms with Crippen LogP contribution in [-0.4, -0.2) is 75.1 Å². The number of carbonyl (C=O) groups is 1. The number of hydrogen-bond donors (Lipinski definition) is 2. The second-order valence-corrected chi connectivity index (χ2v) is 13.9. The third kappa shape index (κ3) is 7.65. The molecule has 0 atom stereocenters. The summed E-state index contributed by atoms with van der Waals surface area (Å²) in [5, 5.41) is 9.81. The first-order valence-electron chi connectivity index (χ1n) is 15.4. The van der Waals surface area contributed by atoms with E-state index in [0.717, 1.165) is 29.8 Å². The van der Waals surface area contributed by atoms with Crippen LogP contribution in [0.4, 0.5) is 34.6 Å². The molecule has 0 spiro atoms. The Labute approximate surface area is 285 Å². The fraction of sp³-hybridized carbons (Fsp3) is 0.265. The van der Waals surface area contributed by atoms with Gasteiger partial charge in [0.1, 0.15) is 11.5 Å². The van der Waals surface area contributed by atoms with Crippen LogP contribution in [0.2, 0.25) is 0 Å². The summed E-state index contributed by atoms with van der Waals surface area (Å²) < 4.78 is 85.8. The second kappa shape index (κ2) is 13.6. The molecule has 2 aromatic carbocycles. The minimum atomic E-state index is -4.74. The average Bonchev–Trinajstić information content (AvgIpc) is 3.66. The van der Waals surface area contributed by atoms with Gasteiger partial charge in [0, 0.05) is 63.4 Å². The van der Waals surface area contributed by atoms with Crippen molar-refractivity contribution in [1.82, 2.24) is 28.4 Å². The Morgan fingerprint density at radius 3 is 2.46 bits per heavy atom. The number of fused-ring (bicyclic) bond motifs is 1. The summed E-state index contributed by atoms with van der Waals surface area (Å²) in [4.78, 5) is 19.4. The zero-order valence-electron chi connectivity index (χ0n) is 27.2. The van der Waals surface area contributed by atoms with E-state index >= 15 is 4.39 Å². The van der Waals surface area contributed by atoms with Crippen LogP contribution in [0.25, 0.3) is 5.65 Å². The SMILES string of the molecule is Cc1cc(F)c(C(=O)Nc2ccc(CN3CCN(S(C)(=O)=O)CC3)c(C(F)(F)F)c2)cc1C#Cc1cnc2c(Nc3cnn(C)c3)cccn12. The molecule has 0 aliphatic carbocycles. The number of nitrogens with one attached hydrogen (secondary N) is 2. The maximum Gasteiger partial charge on any atom is 0.416 e. The van der Waals surface area contributed by atoms with Crippen LogP contribution >= 0.6 is 0 Å². The smallest absolute Gasteiger partial charge is 0.350 e. The number of alkyl halides is 3. The van der Waals surface area contributed by atoms with Gasteiger partial charge in [0.15, 0.2) is 5.65 Å². The number of benzene rings is 2. The molecule has 5 aromatic rings. The zero-order valence-corrected chi connectivity index (χ0v) is 28.0. The number of nitrogens with zero attached hydrogens (tertiary/aromatic N) is 6. The lowest BCUT2D eigenvalue weighted by molar-refractivity contribution is -0.138. The van der Waals surface area contributed by atoms with Crippen molar-refractivity contribution >= 4 is 38.6 Å². The molecule has 1 fully saturated rings. The molecule has 0 saturated carbocycles. The predicted molar refractivity (Wildman–Crippen MR) is 180 cm³/mol. The average molecular weight is 709 g/mol. The molecule has 4 heterocycles. The molecule has 50 heavy (non-hydrogen) atoms. The first-order valence-corrected chi connectivity index (χ1v) is 17.2. The number of pyridine rings is 1. The number of carbonyl (C=O) groups excluding carboxylic acids is 1. The second-order valence-electron chi connectivity index (χ2n) is 11.9. The minimum absolute atomic E-state index is 0.0326. The number of anilines is 3. The Hall–Kier alpha value is -5.24. The van der Waals surface area contributed by atoms with Crippen LogP contribution < -0.4 is 10.6 Å². The van der Waals surface area contributed by atoms with Gasteiger partial charge in [0.05, 0.1) is 41.2 Å². The van der Waals surface area contributed by atoms with Gasteiger partial charge in [-0.05, 0) is 60.4 Å². The van der Waals surface area contributed by atoms with E-state index in [1.165, 1.54) is 22.5 Å². The quantitative estimate of drug-likeness (QED) is 0.181. The fourth-order valence-corrected chi connectivity index (χ4v) is 6.50. The van der Waals surface area contributed by atoms with Gasteiger partial charge < -0.3 is 10.6 Å². The molecule has 6 rings (SSSR count). The number of aromatic nitrogens is 4. The third-order valence-corrected chi connectivity index (χ3v) is 9.57. The summed E-state index contributed by atoms with van der Waals surface area (Å²) in [5.41, 5.74) is 1.90. The van der Waals surface area contributed by atoms with Crippen LogP contribution in [-0.2, 0) is 29.8 Å². The van der Waals surface area contributed by atoms with Crippen LogP contribution in [0.15, 0.2) is 67.3 Å². The molecular formula is C34H32F4N8O3S. The van der Waals surface area contributed by atoms with Gasteiger partial charge >= 0.3 is 6.18 Å². The lowest BCUT2D eigenvalue weighted by Crippen LogP contribution is -2.47. The lowest BCUT2D eigenvalue weighted by atomic mass is 10.0. The van der Waals surface area contributed by atoms with Crippen molar-refractivity contribution in [2.75, 3.05) is 43.1 Å². The zero-order chi connectivity index (χ0) is 35.8. The monoisotopic (exact) mass is 708 g/mol. The molecular weight excluding hydrogens is 676 g/mol. The van der Waals surface area contributed by atoms with Crippen molar-refractivity contribution < 1.29 is 30.8 Å². The maximum atomic E-state index is 15.1. The van der Waals surface area contributed by atoms with Gasteiger partial charge in [-0.2, -0.15) is 22.6 Å². The van der Waals surface area contributed by atoms with Crippen molar-refractivity contribution in [3.05, 3.63) is 107 Å². The third-order valence-electron chi connectivity index (χ3n) is 8.27. The summed E-state index contributed by atoms with van der Waals surface area (Å²) in [7, 11) is -1.58. The number of rotatable bonds is 7. The van der Waals surface area contributed by atoms with Gasteiger partial charge in [-0.15, -0.1) is 0 Å². The Kier molecular flexibility index (Phi) is 9.40. The molecule has 260 valence electrons. The normalized spacial score (nSPS) is 14.4. The Morgan fingerprint density at radius 1 is 1.02 bits per heavy atom. The summed E-state index contributed by atoms with van der Waals surface area (Å²) in [6, 6.07) is 9.49. The number of imidazole rings is 1. The highest BCUT2D eigenvalue weighted by atomic mass is 32.2. The van der Waals surface area contributed by atoms with E-state index in [0.29, 0.717) is 22.5 Å². The van der Waals surface area contributed by atoms with Crippen molar-refractivity contribution in [2.45, 2.75) is 19.6 Å². The molecule has 0 bridgehead atoms. The molecule has 16 heteroatoms. The number of aryl methyl sites for hydroxylation is 2. The molecule has 1 aliphatic rings. The number of amides is 1. The van der Waals surface area contributed by atoms with Gasteiger partial charge in [0.25, 0.3) is 5.91 Å². The first-order chi connectivity index (χ1) is 23.7. The highest BCUT2D eigenvalue weighted by Gasteiger charge is 2.35. The minimum Gasteiger partial charge on any atom is -0.350 e. The Bertz CT molecular complexity index is 2260. The van der Waals surface area contributed by atoms with Crippen molar-refractivity contribution in [1.29, 1.82) is 0 Å². The van der Waals surface area contributed by atoms with Gasteiger partial charge in [-0.3, -0.25) is 18.8 Å². The molecule has 1 saturated heterocycles. The summed E-state index contributed by atoms with van der Waals surface area (Å²) in [6.45, 7) is 2.45. The number of halogens is 4. The van der Waals surface area contributed by atoms with Crippen molar-refractivity contribution in [3.63, 3.8) is 0 Å². The summed E-state index contributed by atoms with van der Waals surface area (Å²) >= 11 is 0. The number of piperazine rings is 1. The first kappa shape index (κ1) is 34.6. The largest absolute Gasteiger partial charge is 0.416 e. The highest BCUT2D eigenvalue weighted by Crippen LogP contribution is 2.35. The van der Waals surface area contributed by atoms with Crippen molar-refractivity contribution in [2.24, 2.45) is 7.05 Å². The van der Waals surface area contributed by atoms with Crippen LogP contribution in [0.5, 0.6) is 0 Å². The molecule has 11 nitrogen and oxygen atoms in total. The van der Waals surface area contributed by atoms with Crippen LogP contribution in [0.3, 0.4) is 0 Å². The summed E-state index contributed by atoms with van der Waals surface area (Å²) in [6.07, 6.45) is 3.22. The Morgan fingerprint density at radius 2 is 1.78 bits per heavy atom. The highest BCUT2D eigenvalue weighted by molar-refractivity contribution is 7.88. The van der Waals surface area contributed by atoms with Crippen molar-refractivity contribution in [3.8, 4) is 11.8 Å². The van der Waals surface area contributed by atoms with E-state index in [2.05, 4.69) is 32.6 Å². The van der Waals surface area contributed by atoms with E-state index in [-0.39, 0.29) is 49.5 Å². The van der Waals surface area contributed by atoms with E-state index < -0.39 is 33.5 Å². The van der Waals surface area contributed by atoms with Crippen LogP contribution in [0, 0.1) is 24.6 Å².